The van der Waals surface area contributed by atoms with Crippen LogP contribution in [0.15, 0.2) is 24.3 Å². The summed E-state index contributed by atoms with van der Waals surface area (Å²) in [5, 5.41) is 4.29. The first-order chi connectivity index (χ1) is 10.0. The van der Waals surface area contributed by atoms with Crippen molar-refractivity contribution >= 4 is 11.6 Å². The number of halogens is 1. The molecular formula is C18H31ClN2. The third-order valence-corrected chi connectivity index (χ3v) is 4.22. The summed E-state index contributed by atoms with van der Waals surface area (Å²) in [6, 6.07) is 9.22. The Balaban J connectivity index is 2.17. The van der Waals surface area contributed by atoms with Crippen LogP contribution in [-0.2, 0) is 0 Å². The molecule has 2 nitrogen and oxygen atoms in total. The van der Waals surface area contributed by atoms with Crippen LogP contribution >= 0.6 is 11.6 Å². The van der Waals surface area contributed by atoms with Gasteiger partial charge in [-0.2, -0.15) is 0 Å². The van der Waals surface area contributed by atoms with Gasteiger partial charge in [0.1, 0.15) is 0 Å². The zero-order valence-corrected chi connectivity index (χ0v) is 14.8. The van der Waals surface area contributed by atoms with E-state index in [1.165, 1.54) is 31.2 Å². The molecule has 0 aliphatic rings. The van der Waals surface area contributed by atoms with Crippen LogP contribution in [0.4, 0.5) is 0 Å². The van der Waals surface area contributed by atoms with Gasteiger partial charge in [-0.1, -0.05) is 50.4 Å². The largest absolute Gasteiger partial charge is 0.315 e. The summed E-state index contributed by atoms with van der Waals surface area (Å²) in [6.45, 7) is 8.94. The zero-order valence-electron chi connectivity index (χ0n) is 14.0. The Kier molecular flexibility index (Phi) is 8.98. The van der Waals surface area contributed by atoms with Crippen LogP contribution < -0.4 is 5.32 Å². The van der Waals surface area contributed by atoms with Gasteiger partial charge in [0.25, 0.3) is 0 Å². The van der Waals surface area contributed by atoms with Crippen LogP contribution in [0.25, 0.3) is 0 Å². The number of unbranched alkanes of at least 4 members (excludes halogenated alkanes) is 3. The van der Waals surface area contributed by atoms with E-state index in [1.807, 2.05) is 12.1 Å². The second kappa shape index (κ2) is 10.2. The minimum Gasteiger partial charge on any atom is -0.315 e. The fourth-order valence-electron chi connectivity index (χ4n) is 2.45. The maximum absolute atomic E-state index is 6.07. The van der Waals surface area contributed by atoms with E-state index in [2.05, 4.69) is 50.2 Å². The summed E-state index contributed by atoms with van der Waals surface area (Å²) in [5.74, 6) is 0. The van der Waals surface area contributed by atoms with Crippen LogP contribution in [0.3, 0.4) is 0 Å². The number of nitrogens with one attached hydrogen (secondary N) is 1. The van der Waals surface area contributed by atoms with Crippen LogP contribution in [0.1, 0.15) is 58.1 Å². The van der Waals surface area contributed by atoms with Gasteiger partial charge < -0.3 is 5.32 Å². The number of rotatable bonds is 10. The lowest BCUT2D eigenvalue weighted by Crippen LogP contribution is -2.24. The Bertz CT molecular complexity index is 393. The quantitative estimate of drug-likeness (QED) is 0.619. The van der Waals surface area contributed by atoms with Gasteiger partial charge in [-0.15, -0.1) is 0 Å². The Morgan fingerprint density at radius 1 is 1.10 bits per heavy atom. The highest BCUT2D eigenvalue weighted by atomic mass is 35.5. The highest BCUT2D eigenvalue weighted by Gasteiger charge is 2.11. The predicted octanol–water partition coefficient (Wildman–Crippen LogP) is 4.89. The Morgan fingerprint density at radius 3 is 2.48 bits per heavy atom. The van der Waals surface area contributed by atoms with E-state index in [0.717, 1.165) is 18.1 Å². The molecule has 0 spiro atoms. The molecule has 0 radical (unpaired) electrons. The fraction of sp³-hybridized carbons (Fsp3) is 0.667. The molecule has 0 aliphatic heterocycles. The second-order valence-corrected chi connectivity index (χ2v) is 6.67. The maximum Gasteiger partial charge on any atom is 0.0409 e. The molecule has 1 rings (SSSR count). The molecule has 0 bridgehead atoms. The Labute approximate surface area is 135 Å². The standard InChI is InChI=1S/C18H31ClN2/c1-15(2)20-12-7-5-6-8-13-21(4)16(3)17-10-9-11-18(19)14-17/h9-11,14-16,20H,5-8,12-13H2,1-4H3. The first-order valence-corrected chi connectivity index (χ1v) is 8.57. The first-order valence-electron chi connectivity index (χ1n) is 8.19. The summed E-state index contributed by atoms with van der Waals surface area (Å²) >= 11 is 6.07. The molecule has 0 saturated heterocycles. The molecule has 120 valence electrons. The van der Waals surface area contributed by atoms with Gasteiger partial charge in [-0.05, 0) is 57.6 Å². The number of benzene rings is 1. The van der Waals surface area contributed by atoms with Crippen molar-refractivity contribution in [2.75, 3.05) is 20.1 Å². The molecule has 0 aliphatic carbocycles. The van der Waals surface area contributed by atoms with Crippen molar-refractivity contribution in [2.24, 2.45) is 0 Å². The van der Waals surface area contributed by atoms with Gasteiger partial charge in [0.05, 0.1) is 0 Å². The zero-order chi connectivity index (χ0) is 15.7. The normalized spacial score (nSPS) is 13.1. The molecule has 0 aromatic heterocycles. The van der Waals surface area contributed by atoms with E-state index in [9.17, 15) is 0 Å². The van der Waals surface area contributed by atoms with Crippen LogP contribution in [0, 0.1) is 0 Å². The van der Waals surface area contributed by atoms with Gasteiger partial charge in [0.2, 0.25) is 0 Å². The Morgan fingerprint density at radius 2 is 1.81 bits per heavy atom. The van der Waals surface area contributed by atoms with Gasteiger partial charge in [0, 0.05) is 17.1 Å². The summed E-state index contributed by atoms with van der Waals surface area (Å²) in [4.78, 5) is 2.41. The summed E-state index contributed by atoms with van der Waals surface area (Å²) in [6.07, 6.45) is 5.18. The highest BCUT2D eigenvalue weighted by molar-refractivity contribution is 6.30. The predicted molar refractivity (Wildman–Crippen MR) is 94.1 cm³/mol. The summed E-state index contributed by atoms with van der Waals surface area (Å²) in [7, 11) is 2.20. The van der Waals surface area contributed by atoms with Crippen LogP contribution in [0.2, 0.25) is 5.02 Å². The van der Waals surface area contributed by atoms with Crippen molar-refractivity contribution in [1.82, 2.24) is 10.2 Å². The molecule has 0 amide bonds. The molecule has 1 atom stereocenters. The van der Waals surface area contributed by atoms with Gasteiger partial charge in [-0.3, -0.25) is 4.90 Å². The molecule has 3 heteroatoms. The number of hydrogen-bond acceptors (Lipinski definition) is 2. The van der Waals surface area contributed by atoms with Crippen molar-refractivity contribution in [2.45, 2.75) is 58.5 Å². The van der Waals surface area contributed by atoms with Gasteiger partial charge >= 0.3 is 0 Å². The van der Waals surface area contributed by atoms with E-state index in [-0.39, 0.29) is 0 Å². The molecule has 21 heavy (non-hydrogen) atoms. The van der Waals surface area contributed by atoms with E-state index >= 15 is 0 Å². The third kappa shape index (κ3) is 7.85. The maximum atomic E-state index is 6.07. The van der Waals surface area contributed by atoms with E-state index in [1.54, 1.807) is 0 Å². The first kappa shape index (κ1) is 18.5. The lowest BCUT2D eigenvalue weighted by atomic mass is 10.1. The third-order valence-electron chi connectivity index (χ3n) is 3.98. The smallest absolute Gasteiger partial charge is 0.0409 e. The lowest BCUT2D eigenvalue weighted by Gasteiger charge is -2.25. The van der Waals surface area contributed by atoms with Crippen molar-refractivity contribution in [3.63, 3.8) is 0 Å². The molecule has 1 aromatic rings. The van der Waals surface area contributed by atoms with Crippen molar-refractivity contribution in [1.29, 1.82) is 0 Å². The SMILES string of the molecule is CC(C)NCCCCCCN(C)C(C)c1cccc(Cl)c1. The lowest BCUT2D eigenvalue weighted by molar-refractivity contribution is 0.255. The molecule has 0 fully saturated rings. The average Bonchev–Trinajstić information content (AvgIpc) is 2.45. The molecular weight excluding hydrogens is 280 g/mol. The van der Waals surface area contributed by atoms with E-state index < -0.39 is 0 Å². The van der Waals surface area contributed by atoms with Crippen molar-refractivity contribution in [3.05, 3.63) is 34.9 Å². The Hall–Kier alpha value is -0.570. The number of nitrogens with zero attached hydrogens (tertiary/aromatic N) is 1. The van der Waals surface area contributed by atoms with Crippen LogP contribution in [0.5, 0.6) is 0 Å². The number of hydrogen-bond donors (Lipinski definition) is 1. The topological polar surface area (TPSA) is 15.3 Å². The monoisotopic (exact) mass is 310 g/mol. The summed E-state index contributed by atoms with van der Waals surface area (Å²) < 4.78 is 0. The van der Waals surface area contributed by atoms with E-state index in [4.69, 9.17) is 11.6 Å². The van der Waals surface area contributed by atoms with Crippen molar-refractivity contribution in [3.8, 4) is 0 Å². The molecule has 1 aromatic carbocycles. The molecule has 1 unspecified atom stereocenters. The molecule has 0 heterocycles. The average molecular weight is 311 g/mol. The minimum absolute atomic E-state index is 0.423. The summed E-state index contributed by atoms with van der Waals surface area (Å²) in [5.41, 5.74) is 1.30. The minimum atomic E-state index is 0.423. The van der Waals surface area contributed by atoms with Crippen LogP contribution in [-0.4, -0.2) is 31.1 Å². The highest BCUT2D eigenvalue weighted by Crippen LogP contribution is 2.22. The van der Waals surface area contributed by atoms with Gasteiger partial charge in [0.15, 0.2) is 0 Å². The molecule has 0 saturated carbocycles. The van der Waals surface area contributed by atoms with E-state index in [0.29, 0.717) is 12.1 Å². The van der Waals surface area contributed by atoms with Gasteiger partial charge in [-0.25, -0.2) is 0 Å². The fourth-order valence-corrected chi connectivity index (χ4v) is 2.64. The molecule has 1 N–H and O–H groups in total. The second-order valence-electron chi connectivity index (χ2n) is 6.23. The van der Waals surface area contributed by atoms with Crippen molar-refractivity contribution < 1.29 is 0 Å².